The Morgan fingerprint density at radius 2 is 2.03 bits per heavy atom. The van der Waals surface area contributed by atoms with Gasteiger partial charge in [0.05, 0.1) is 16.6 Å². The molecule has 2 atom stereocenters. The highest BCUT2D eigenvalue weighted by molar-refractivity contribution is 6.33. The predicted molar refractivity (Wildman–Crippen MR) is 123 cm³/mol. The van der Waals surface area contributed by atoms with Gasteiger partial charge in [0.2, 0.25) is 0 Å². The summed E-state index contributed by atoms with van der Waals surface area (Å²) in [7, 11) is 0. The van der Waals surface area contributed by atoms with E-state index >= 15 is 0 Å². The third-order valence-corrected chi connectivity index (χ3v) is 6.16. The number of likely N-dealkylation sites (tertiary alicyclic amines) is 1. The number of ether oxygens (including phenoxy) is 1. The lowest BCUT2D eigenvalue weighted by Crippen LogP contribution is -2.52. The molecule has 2 aromatic carbocycles. The van der Waals surface area contributed by atoms with Gasteiger partial charge in [-0.15, -0.1) is 0 Å². The molecule has 1 aromatic heterocycles. The number of hydrogen-bond donors (Lipinski definition) is 2. The summed E-state index contributed by atoms with van der Waals surface area (Å²) in [5, 5.41) is 20.0. The minimum absolute atomic E-state index is 0.0936. The van der Waals surface area contributed by atoms with E-state index in [1.807, 2.05) is 0 Å². The molecule has 0 saturated carbocycles. The van der Waals surface area contributed by atoms with Gasteiger partial charge >= 0.3 is 6.09 Å². The lowest BCUT2D eigenvalue weighted by molar-refractivity contribution is -0.146. The number of fused-ring (bicyclic) bond motifs is 1. The molecule has 1 fully saturated rings. The second-order valence-electron chi connectivity index (χ2n) is 8.13. The van der Waals surface area contributed by atoms with Crippen molar-refractivity contribution in [2.24, 2.45) is 0 Å². The molecule has 0 radical (unpaired) electrons. The Morgan fingerprint density at radius 3 is 2.76 bits per heavy atom. The first-order chi connectivity index (χ1) is 16.2. The minimum Gasteiger partial charge on any atom is -0.481 e. The summed E-state index contributed by atoms with van der Waals surface area (Å²) in [6, 6.07) is 10.6. The van der Waals surface area contributed by atoms with Crippen LogP contribution in [-0.4, -0.2) is 62.5 Å². The number of nitrogens with zero attached hydrogens (tertiary/aromatic N) is 3. The van der Waals surface area contributed by atoms with Crippen LogP contribution in [0.3, 0.4) is 0 Å². The van der Waals surface area contributed by atoms with E-state index in [1.165, 1.54) is 17.0 Å². The van der Waals surface area contributed by atoms with Crippen LogP contribution in [0.25, 0.3) is 22.0 Å². The zero-order chi connectivity index (χ0) is 24.4. The van der Waals surface area contributed by atoms with Crippen molar-refractivity contribution in [1.82, 2.24) is 14.9 Å². The lowest BCUT2D eigenvalue weighted by atomic mass is 10.0. The molecule has 10 heteroatoms. The van der Waals surface area contributed by atoms with Crippen LogP contribution < -0.4 is 4.74 Å². The Hall–Kier alpha value is -3.43. The van der Waals surface area contributed by atoms with Crippen molar-refractivity contribution in [3.63, 3.8) is 0 Å². The van der Waals surface area contributed by atoms with E-state index in [9.17, 15) is 19.2 Å². The van der Waals surface area contributed by atoms with Gasteiger partial charge in [-0.05, 0) is 61.7 Å². The summed E-state index contributed by atoms with van der Waals surface area (Å²) in [5.41, 5.74) is 2.08. The van der Waals surface area contributed by atoms with Crippen molar-refractivity contribution in [3.8, 4) is 16.9 Å². The summed E-state index contributed by atoms with van der Waals surface area (Å²) < 4.78 is 19.3. The number of pyridine rings is 1. The maximum Gasteiger partial charge on any atom is 0.431 e. The first-order valence-corrected chi connectivity index (χ1v) is 11.1. The van der Waals surface area contributed by atoms with E-state index in [2.05, 4.69) is 4.98 Å². The quantitative estimate of drug-likeness (QED) is 0.395. The maximum absolute atomic E-state index is 13.5. The molecule has 2 N–H and O–H groups in total. The molecule has 0 aliphatic carbocycles. The van der Waals surface area contributed by atoms with Crippen LogP contribution in [0.4, 0.5) is 9.18 Å². The van der Waals surface area contributed by atoms with Gasteiger partial charge in [-0.3, -0.25) is 15.0 Å². The van der Waals surface area contributed by atoms with E-state index in [0.29, 0.717) is 36.2 Å². The molecule has 1 saturated heterocycles. The molecule has 0 unspecified atom stereocenters. The molecule has 2 amide bonds. The first kappa shape index (κ1) is 23.7. The molecule has 1 aliphatic heterocycles. The van der Waals surface area contributed by atoms with Crippen LogP contribution in [0.1, 0.15) is 19.8 Å². The van der Waals surface area contributed by atoms with Crippen molar-refractivity contribution >= 4 is 34.5 Å². The second-order valence-corrected chi connectivity index (χ2v) is 8.54. The fourth-order valence-electron chi connectivity index (χ4n) is 4.17. The average Bonchev–Trinajstić information content (AvgIpc) is 2.82. The number of hydroxylamine groups is 2. The monoisotopic (exact) mass is 487 g/mol. The topological polar surface area (TPSA) is 103 Å². The second kappa shape index (κ2) is 9.82. The average molecular weight is 488 g/mol. The predicted octanol–water partition coefficient (Wildman–Crippen LogP) is 4.82. The van der Waals surface area contributed by atoms with Crippen LogP contribution in [0.2, 0.25) is 5.02 Å². The highest BCUT2D eigenvalue weighted by Crippen LogP contribution is 2.34. The van der Waals surface area contributed by atoms with Gasteiger partial charge in [0.1, 0.15) is 11.6 Å². The third kappa shape index (κ3) is 4.90. The van der Waals surface area contributed by atoms with Gasteiger partial charge in [0, 0.05) is 36.3 Å². The zero-order valence-electron chi connectivity index (χ0n) is 18.3. The molecular weight excluding hydrogens is 465 g/mol. The van der Waals surface area contributed by atoms with Crippen LogP contribution in [-0.2, 0) is 4.79 Å². The molecule has 3 aromatic rings. The van der Waals surface area contributed by atoms with E-state index < -0.39 is 24.1 Å². The molecule has 0 bridgehead atoms. The Labute approximate surface area is 200 Å². The van der Waals surface area contributed by atoms with Crippen molar-refractivity contribution < 1.29 is 29.0 Å². The number of piperidine rings is 1. The third-order valence-electron chi connectivity index (χ3n) is 5.85. The summed E-state index contributed by atoms with van der Waals surface area (Å²) in [6.45, 7) is 2.17. The molecule has 8 nitrogen and oxygen atoms in total. The Bertz CT molecular complexity index is 1240. The maximum atomic E-state index is 13.5. The first-order valence-electron chi connectivity index (χ1n) is 10.7. The minimum atomic E-state index is -1.45. The number of carbonyl (C=O) groups excluding carboxylic acids is 1. The number of rotatable bonds is 5. The normalized spacial score (nSPS) is 16.8. The molecule has 4 rings (SSSR count). The fourth-order valence-corrected chi connectivity index (χ4v) is 4.44. The highest BCUT2D eigenvalue weighted by Gasteiger charge is 2.32. The van der Waals surface area contributed by atoms with E-state index in [1.54, 1.807) is 43.5 Å². The van der Waals surface area contributed by atoms with E-state index in [-0.39, 0.29) is 22.5 Å². The smallest absolute Gasteiger partial charge is 0.431 e. The summed E-state index contributed by atoms with van der Waals surface area (Å²) >= 11 is 6.24. The van der Waals surface area contributed by atoms with Crippen LogP contribution in [0, 0.1) is 5.82 Å². The van der Waals surface area contributed by atoms with Gasteiger partial charge in [-0.1, -0.05) is 11.6 Å². The fraction of sp³-hybridized carbons (Fsp3) is 0.292. The van der Waals surface area contributed by atoms with Crippen molar-refractivity contribution in [3.05, 3.63) is 59.5 Å². The van der Waals surface area contributed by atoms with E-state index in [4.69, 9.17) is 21.4 Å². The standard InChI is InChI=1S/C24H23ClFN3O5/c1-14(23(30)28-10-2-3-16(13-28)29(33)24(31)32)34-17-5-7-20-18(8-9-27-22(20)12-17)19-6-4-15(26)11-21(19)25/h4-9,11-12,14,16,33H,2-3,10,13H2,1H3,(H,31,32)/t14-,16+/m1/s1. The Morgan fingerprint density at radius 1 is 1.24 bits per heavy atom. The van der Waals surface area contributed by atoms with Gasteiger partial charge in [-0.2, -0.15) is 5.06 Å². The number of aromatic nitrogens is 1. The molecule has 34 heavy (non-hydrogen) atoms. The van der Waals surface area contributed by atoms with Crippen LogP contribution in [0.5, 0.6) is 5.75 Å². The molecule has 2 heterocycles. The molecule has 1 aliphatic rings. The van der Waals surface area contributed by atoms with Crippen molar-refractivity contribution in [2.45, 2.75) is 31.9 Å². The lowest BCUT2D eigenvalue weighted by Gasteiger charge is -2.36. The summed E-state index contributed by atoms with van der Waals surface area (Å²) in [5.74, 6) is -0.286. The Kier molecular flexibility index (Phi) is 6.85. The van der Waals surface area contributed by atoms with Crippen molar-refractivity contribution in [2.75, 3.05) is 13.1 Å². The summed E-state index contributed by atoms with van der Waals surface area (Å²) in [6.07, 6.45) is 0.379. The van der Waals surface area contributed by atoms with Gasteiger partial charge in [0.25, 0.3) is 5.91 Å². The largest absolute Gasteiger partial charge is 0.481 e. The van der Waals surface area contributed by atoms with Crippen LogP contribution in [0.15, 0.2) is 48.7 Å². The number of hydrogen-bond acceptors (Lipinski definition) is 5. The number of benzene rings is 2. The highest BCUT2D eigenvalue weighted by atomic mass is 35.5. The molecule has 0 spiro atoms. The Balaban J connectivity index is 1.51. The van der Waals surface area contributed by atoms with E-state index in [0.717, 1.165) is 10.9 Å². The van der Waals surface area contributed by atoms with Gasteiger partial charge in [-0.25, -0.2) is 9.18 Å². The van der Waals surface area contributed by atoms with Gasteiger partial charge < -0.3 is 14.7 Å². The molecular formula is C24H23ClFN3O5. The summed E-state index contributed by atoms with van der Waals surface area (Å²) in [4.78, 5) is 29.8. The number of carbonyl (C=O) groups is 2. The zero-order valence-corrected chi connectivity index (χ0v) is 19.1. The number of amides is 2. The molecule has 178 valence electrons. The number of halogens is 2. The van der Waals surface area contributed by atoms with Crippen LogP contribution >= 0.6 is 11.6 Å². The number of carboxylic acid groups (broad SMARTS) is 1. The van der Waals surface area contributed by atoms with Gasteiger partial charge in [0.15, 0.2) is 6.10 Å². The van der Waals surface area contributed by atoms with Crippen molar-refractivity contribution in [1.29, 1.82) is 0 Å². The SMILES string of the molecule is C[C@@H](Oc1ccc2c(-c3ccc(F)cc3Cl)ccnc2c1)C(=O)N1CCC[C@H](N(O)C(=O)O)C1.